The number of carbonyl (C=O) groups is 1. The minimum absolute atomic E-state index is 0.0926. The van der Waals surface area contributed by atoms with E-state index in [4.69, 9.17) is 9.47 Å². The van der Waals surface area contributed by atoms with Crippen molar-refractivity contribution in [2.24, 2.45) is 0 Å². The van der Waals surface area contributed by atoms with Crippen LogP contribution in [-0.2, 0) is 9.53 Å². The fourth-order valence-corrected chi connectivity index (χ4v) is 1.55. The maximum atomic E-state index is 11.4. The van der Waals surface area contributed by atoms with Crippen molar-refractivity contribution < 1.29 is 14.3 Å². The molecule has 0 amide bonds. The van der Waals surface area contributed by atoms with Crippen molar-refractivity contribution in [1.29, 1.82) is 0 Å². The molecule has 1 aromatic rings. The van der Waals surface area contributed by atoms with Crippen LogP contribution in [0.1, 0.15) is 32.3 Å². The number of ether oxygens (including phenoxy) is 2. The van der Waals surface area contributed by atoms with Gasteiger partial charge in [0.25, 0.3) is 0 Å². The quantitative estimate of drug-likeness (QED) is 0.558. The average molecular weight is 279 g/mol. The Morgan fingerprint density at radius 2 is 2.00 bits per heavy atom. The molecule has 0 saturated carbocycles. The lowest BCUT2D eigenvalue weighted by Crippen LogP contribution is -2.36. The molecule has 1 aromatic carbocycles. The molecule has 0 aliphatic heterocycles. The van der Waals surface area contributed by atoms with E-state index < -0.39 is 0 Å². The van der Waals surface area contributed by atoms with Gasteiger partial charge < -0.3 is 14.8 Å². The molecule has 112 valence electrons. The highest BCUT2D eigenvalue weighted by Gasteiger charge is 2.07. The minimum atomic E-state index is -0.208. The molecule has 0 saturated heterocycles. The third-order valence-corrected chi connectivity index (χ3v) is 2.88. The number of rotatable bonds is 9. The lowest BCUT2D eigenvalue weighted by molar-refractivity contribution is -0.142. The van der Waals surface area contributed by atoms with Crippen molar-refractivity contribution in [1.82, 2.24) is 5.32 Å². The van der Waals surface area contributed by atoms with Gasteiger partial charge in [-0.25, -0.2) is 0 Å². The van der Waals surface area contributed by atoms with Gasteiger partial charge in [0.2, 0.25) is 0 Å². The highest BCUT2D eigenvalue weighted by Crippen LogP contribution is 2.11. The van der Waals surface area contributed by atoms with E-state index in [-0.39, 0.29) is 18.6 Å². The SMILES string of the molecule is CCCCOC(=O)CNC(C)COc1ccc(C)cc1. The van der Waals surface area contributed by atoms with E-state index in [1.54, 1.807) is 0 Å². The molecule has 20 heavy (non-hydrogen) atoms. The monoisotopic (exact) mass is 279 g/mol. The molecule has 0 bridgehead atoms. The summed E-state index contributed by atoms with van der Waals surface area (Å²) in [7, 11) is 0. The summed E-state index contributed by atoms with van der Waals surface area (Å²) in [5, 5.41) is 3.09. The molecule has 1 unspecified atom stereocenters. The number of benzene rings is 1. The second kappa shape index (κ2) is 9.37. The van der Waals surface area contributed by atoms with Gasteiger partial charge in [-0.05, 0) is 32.4 Å². The summed E-state index contributed by atoms with van der Waals surface area (Å²) in [6.07, 6.45) is 1.94. The summed E-state index contributed by atoms with van der Waals surface area (Å²) in [6, 6.07) is 8.01. The summed E-state index contributed by atoms with van der Waals surface area (Å²) in [5.41, 5.74) is 1.21. The standard InChI is InChI=1S/C16H25NO3/c1-4-5-10-19-16(18)11-17-14(3)12-20-15-8-6-13(2)7-9-15/h6-9,14,17H,4-5,10-12H2,1-3H3. The van der Waals surface area contributed by atoms with Gasteiger partial charge in [0, 0.05) is 6.04 Å². The van der Waals surface area contributed by atoms with Crippen molar-refractivity contribution in [3.05, 3.63) is 29.8 Å². The van der Waals surface area contributed by atoms with E-state index in [1.165, 1.54) is 5.56 Å². The molecule has 0 radical (unpaired) electrons. The Bertz CT molecular complexity index is 389. The van der Waals surface area contributed by atoms with Crippen molar-refractivity contribution in [2.45, 2.75) is 39.7 Å². The third-order valence-electron chi connectivity index (χ3n) is 2.88. The first kappa shape index (κ1) is 16.5. The predicted molar refractivity (Wildman–Crippen MR) is 80.0 cm³/mol. The van der Waals surface area contributed by atoms with E-state index >= 15 is 0 Å². The van der Waals surface area contributed by atoms with Crippen LogP contribution in [-0.4, -0.2) is 31.8 Å². The zero-order valence-electron chi connectivity index (χ0n) is 12.6. The Kier molecular flexibility index (Phi) is 7.73. The fourth-order valence-electron chi connectivity index (χ4n) is 1.55. The van der Waals surface area contributed by atoms with Crippen LogP contribution < -0.4 is 10.1 Å². The van der Waals surface area contributed by atoms with Crippen molar-refractivity contribution >= 4 is 5.97 Å². The fraction of sp³-hybridized carbons (Fsp3) is 0.562. The number of hydrogen-bond donors (Lipinski definition) is 1. The topological polar surface area (TPSA) is 47.6 Å². The van der Waals surface area contributed by atoms with E-state index in [0.717, 1.165) is 18.6 Å². The predicted octanol–water partition coefficient (Wildman–Crippen LogP) is 2.70. The van der Waals surface area contributed by atoms with Crippen molar-refractivity contribution in [2.75, 3.05) is 19.8 Å². The number of hydrogen-bond acceptors (Lipinski definition) is 4. The first-order chi connectivity index (χ1) is 9.61. The molecular formula is C16H25NO3. The Morgan fingerprint density at radius 3 is 2.65 bits per heavy atom. The Balaban J connectivity index is 2.15. The largest absolute Gasteiger partial charge is 0.492 e. The summed E-state index contributed by atoms with van der Waals surface area (Å²) < 4.78 is 10.7. The Labute approximate surface area is 121 Å². The van der Waals surface area contributed by atoms with Gasteiger partial charge in [0.05, 0.1) is 13.2 Å². The maximum Gasteiger partial charge on any atom is 0.319 e. The normalized spacial score (nSPS) is 11.9. The smallest absolute Gasteiger partial charge is 0.319 e. The molecule has 0 fully saturated rings. The highest BCUT2D eigenvalue weighted by atomic mass is 16.5. The van der Waals surface area contributed by atoms with Gasteiger partial charge in [0.15, 0.2) is 0 Å². The lowest BCUT2D eigenvalue weighted by atomic mass is 10.2. The van der Waals surface area contributed by atoms with Gasteiger partial charge in [-0.3, -0.25) is 4.79 Å². The molecule has 4 nitrogen and oxygen atoms in total. The van der Waals surface area contributed by atoms with Gasteiger partial charge in [-0.2, -0.15) is 0 Å². The molecule has 1 N–H and O–H groups in total. The summed E-state index contributed by atoms with van der Waals surface area (Å²) in [5.74, 6) is 0.635. The minimum Gasteiger partial charge on any atom is -0.492 e. The molecular weight excluding hydrogens is 254 g/mol. The molecule has 4 heteroatoms. The molecule has 1 rings (SSSR count). The van der Waals surface area contributed by atoms with Crippen LogP contribution in [0.15, 0.2) is 24.3 Å². The first-order valence-corrected chi connectivity index (χ1v) is 7.20. The Hall–Kier alpha value is -1.55. The highest BCUT2D eigenvalue weighted by molar-refractivity contribution is 5.71. The van der Waals surface area contributed by atoms with Gasteiger partial charge >= 0.3 is 5.97 Å². The third kappa shape index (κ3) is 7.14. The zero-order chi connectivity index (χ0) is 14.8. The number of carbonyl (C=O) groups excluding carboxylic acids is 1. The second-order valence-corrected chi connectivity index (χ2v) is 4.98. The molecule has 0 heterocycles. The maximum absolute atomic E-state index is 11.4. The van der Waals surface area contributed by atoms with Crippen LogP contribution in [0, 0.1) is 6.92 Å². The number of nitrogens with one attached hydrogen (secondary N) is 1. The number of unbranched alkanes of at least 4 members (excludes halogenated alkanes) is 1. The van der Waals surface area contributed by atoms with E-state index in [2.05, 4.69) is 12.2 Å². The van der Waals surface area contributed by atoms with Crippen LogP contribution in [0.5, 0.6) is 5.75 Å². The number of aryl methyl sites for hydroxylation is 1. The van der Waals surface area contributed by atoms with Gasteiger partial charge in [-0.1, -0.05) is 31.0 Å². The van der Waals surface area contributed by atoms with E-state index in [9.17, 15) is 4.79 Å². The van der Waals surface area contributed by atoms with Crippen molar-refractivity contribution in [3.63, 3.8) is 0 Å². The average Bonchev–Trinajstić information content (AvgIpc) is 2.45. The Morgan fingerprint density at radius 1 is 1.30 bits per heavy atom. The molecule has 1 atom stereocenters. The summed E-state index contributed by atoms with van der Waals surface area (Å²) >= 11 is 0. The van der Waals surface area contributed by atoms with Gasteiger partial charge in [-0.15, -0.1) is 0 Å². The van der Waals surface area contributed by atoms with Crippen LogP contribution in [0.25, 0.3) is 0 Å². The molecule has 0 aromatic heterocycles. The first-order valence-electron chi connectivity index (χ1n) is 7.20. The number of esters is 1. The van der Waals surface area contributed by atoms with Crippen LogP contribution in [0.4, 0.5) is 0 Å². The van der Waals surface area contributed by atoms with Crippen LogP contribution in [0.2, 0.25) is 0 Å². The summed E-state index contributed by atoms with van der Waals surface area (Å²) in [4.78, 5) is 11.4. The zero-order valence-corrected chi connectivity index (χ0v) is 12.6. The molecule has 0 aliphatic carbocycles. The van der Waals surface area contributed by atoms with E-state index in [1.807, 2.05) is 38.1 Å². The van der Waals surface area contributed by atoms with Gasteiger partial charge in [0.1, 0.15) is 12.4 Å². The summed E-state index contributed by atoms with van der Waals surface area (Å²) in [6.45, 7) is 7.33. The van der Waals surface area contributed by atoms with Crippen molar-refractivity contribution in [3.8, 4) is 5.75 Å². The second-order valence-electron chi connectivity index (χ2n) is 4.98. The lowest BCUT2D eigenvalue weighted by Gasteiger charge is -2.14. The van der Waals surface area contributed by atoms with Crippen LogP contribution in [0.3, 0.4) is 0 Å². The molecule has 0 spiro atoms. The molecule has 0 aliphatic rings. The van der Waals surface area contributed by atoms with E-state index in [0.29, 0.717) is 13.2 Å². The van der Waals surface area contributed by atoms with Crippen LogP contribution >= 0.6 is 0 Å².